The van der Waals surface area contributed by atoms with E-state index in [0.29, 0.717) is 0 Å². The number of piperidine rings is 1. The minimum Gasteiger partial charge on any atom is -0.481 e. The van der Waals surface area contributed by atoms with Gasteiger partial charge in [0.05, 0.1) is 6.42 Å². The van der Waals surface area contributed by atoms with Crippen molar-refractivity contribution in [3.8, 4) is 0 Å². The van der Waals surface area contributed by atoms with Gasteiger partial charge in [-0.15, -0.1) is 0 Å². The molecule has 2 N–H and O–H groups in total. The molecule has 5 heteroatoms. The van der Waals surface area contributed by atoms with E-state index in [1.165, 1.54) is 13.3 Å². The number of benzene rings is 1. The molecule has 1 aliphatic heterocycles. The molecule has 0 spiro atoms. The van der Waals surface area contributed by atoms with E-state index in [2.05, 4.69) is 10.2 Å². The zero-order valence-electron chi connectivity index (χ0n) is 12.3. The number of carbonyl (C=O) groups is 2. The van der Waals surface area contributed by atoms with E-state index in [1.807, 2.05) is 24.3 Å². The fourth-order valence-corrected chi connectivity index (χ4v) is 2.85. The number of amides is 1. The van der Waals surface area contributed by atoms with Crippen molar-refractivity contribution in [3.63, 3.8) is 0 Å². The number of nitrogens with zero attached hydrogens (tertiary/aromatic N) is 1. The lowest BCUT2D eigenvalue weighted by Crippen LogP contribution is -2.34. The summed E-state index contributed by atoms with van der Waals surface area (Å²) in [5, 5.41) is 11.9. The van der Waals surface area contributed by atoms with Crippen LogP contribution in [-0.4, -0.2) is 35.0 Å². The topological polar surface area (TPSA) is 69.6 Å². The van der Waals surface area contributed by atoms with Gasteiger partial charge in [-0.05, 0) is 43.6 Å². The lowest BCUT2D eigenvalue weighted by Gasteiger charge is -2.34. The molecule has 0 radical (unpaired) electrons. The molecule has 0 aromatic heterocycles. The molecule has 2 rings (SSSR count). The average Bonchev–Trinajstić information content (AvgIpc) is 2.46. The molecule has 1 aliphatic rings. The molecule has 1 saturated heterocycles. The second-order valence-electron chi connectivity index (χ2n) is 5.51. The molecular weight excluding hydrogens is 268 g/mol. The van der Waals surface area contributed by atoms with Crippen LogP contribution in [-0.2, 0) is 9.59 Å². The summed E-state index contributed by atoms with van der Waals surface area (Å²) in [7, 11) is 0. The first-order valence-electron chi connectivity index (χ1n) is 7.39. The number of nitrogens with one attached hydrogen (secondary N) is 1. The lowest BCUT2D eigenvalue weighted by atomic mass is 9.98. The monoisotopic (exact) mass is 290 g/mol. The van der Waals surface area contributed by atoms with Crippen LogP contribution in [0, 0.1) is 0 Å². The van der Waals surface area contributed by atoms with Crippen LogP contribution in [0.5, 0.6) is 0 Å². The highest BCUT2D eigenvalue weighted by atomic mass is 16.4. The van der Waals surface area contributed by atoms with Gasteiger partial charge in [0, 0.05) is 18.7 Å². The van der Waals surface area contributed by atoms with Crippen molar-refractivity contribution in [1.82, 2.24) is 4.90 Å². The molecule has 1 aromatic carbocycles. The Morgan fingerprint density at radius 2 is 1.81 bits per heavy atom. The van der Waals surface area contributed by atoms with Gasteiger partial charge >= 0.3 is 5.97 Å². The Bertz CT molecular complexity index is 493. The number of carbonyl (C=O) groups excluding carboxylic acids is 1. The van der Waals surface area contributed by atoms with Crippen molar-refractivity contribution in [2.24, 2.45) is 0 Å². The van der Waals surface area contributed by atoms with Gasteiger partial charge in [0.15, 0.2) is 0 Å². The third-order valence-electron chi connectivity index (χ3n) is 3.82. The molecular formula is C16H22N2O3. The molecule has 5 nitrogen and oxygen atoms in total. The van der Waals surface area contributed by atoms with Gasteiger partial charge in [0.1, 0.15) is 0 Å². The fraction of sp³-hybridized carbons (Fsp3) is 0.500. The summed E-state index contributed by atoms with van der Waals surface area (Å²) in [4.78, 5) is 24.4. The van der Waals surface area contributed by atoms with E-state index in [4.69, 9.17) is 5.11 Å². The maximum Gasteiger partial charge on any atom is 0.305 e. The van der Waals surface area contributed by atoms with Crippen molar-refractivity contribution >= 4 is 17.6 Å². The molecule has 0 aliphatic carbocycles. The van der Waals surface area contributed by atoms with Gasteiger partial charge in [-0.1, -0.05) is 18.6 Å². The normalized spacial score (nSPS) is 17.2. The Labute approximate surface area is 125 Å². The summed E-state index contributed by atoms with van der Waals surface area (Å²) in [5.41, 5.74) is 1.73. The number of likely N-dealkylation sites (tertiary alicyclic amines) is 1. The van der Waals surface area contributed by atoms with Gasteiger partial charge in [-0.3, -0.25) is 14.5 Å². The van der Waals surface area contributed by atoms with Gasteiger partial charge in [0.2, 0.25) is 5.91 Å². The van der Waals surface area contributed by atoms with E-state index in [0.717, 1.165) is 37.2 Å². The minimum atomic E-state index is -0.781. The standard InChI is InChI=1S/C16H22N2O3/c1-12(19)17-14-7-5-13(6-8-14)15(11-16(20)21)18-9-3-2-4-10-18/h5-8,15H,2-4,9-11H2,1H3,(H,17,19)(H,20,21)/t15-/m1/s1. The predicted octanol–water partition coefficient (Wildman–Crippen LogP) is 2.65. The van der Waals surface area contributed by atoms with Crippen molar-refractivity contribution < 1.29 is 14.7 Å². The van der Waals surface area contributed by atoms with E-state index >= 15 is 0 Å². The molecule has 114 valence electrons. The maximum absolute atomic E-state index is 11.2. The summed E-state index contributed by atoms with van der Waals surface area (Å²) in [6.07, 6.45) is 3.58. The van der Waals surface area contributed by atoms with Gasteiger partial charge in [-0.25, -0.2) is 0 Å². The number of hydrogen-bond acceptors (Lipinski definition) is 3. The summed E-state index contributed by atoms with van der Waals surface area (Å²) in [6.45, 7) is 3.37. The SMILES string of the molecule is CC(=O)Nc1ccc([C@@H](CC(=O)O)N2CCCCC2)cc1. The van der Waals surface area contributed by atoms with Crippen LogP contribution in [0.4, 0.5) is 5.69 Å². The van der Waals surface area contributed by atoms with Gasteiger partial charge < -0.3 is 10.4 Å². The Morgan fingerprint density at radius 3 is 2.33 bits per heavy atom. The highest BCUT2D eigenvalue weighted by molar-refractivity contribution is 5.88. The number of aliphatic carboxylic acids is 1. The maximum atomic E-state index is 11.2. The van der Waals surface area contributed by atoms with Crippen LogP contribution >= 0.6 is 0 Å². The first-order chi connectivity index (χ1) is 10.1. The molecule has 1 fully saturated rings. The molecule has 0 unspecified atom stereocenters. The van der Waals surface area contributed by atoms with E-state index < -0.39 is 5.97 Å². The minimum absolute atomic E-state index is 0.0887. The van der Waals surface area contributed by atoms with Crippen molar-refractivity contribution in [3.05, 3.63) is 29.8 Å². The summed E-state index contributed by atoms with van der Waals surface area (Å²) < 4.78 is 0. The second-order valence-corrected chi connectivity index (χ2v) is 5.51. The fourth-order valence-electron chi connectivity index (χ4n) is 2.85. The Kier molecular flexibility index (Phi) is 5.33. The summed E-state index contributed by atoms with van der Waals surface area (Å²) >= 11 is 0. The molecule has 21 heavy (non-hydrogen) atoms. The zero-order chi connectivity index (χ0) is 15.2. The van der Waals surface area contributed by atoms with E-state index in [1.54, 1.807) is 0 Å². The largest absolute Gasteiger partial charge is 0.481 e. The molecule has 1 aromatic rings. The van der Waals surface area contributed by atoms with Crippen LogP contribution in [0.1, 0.15) is 44.2 Å². The Balaban J connectivity index is 2.15. The van der Waals surface area contributed by atoms with Crippen LogP contribution in [0.2, 0.25) is 0 Å². The molecule has 0 bridgehead atoms. The van der Waals surface area contributed by atoms with Crippen LogP contribution in [0.25, 0.3) is 0 Å². The zero-order valence-corrected chi connectivity index (χ0v) is 12.3. The molecule has 1 atom stereocenters. The number of rotatable bonds is 5. The first-order valence-corrected chi connectivity index (χ1v) is 7.39. The third kappa shape index (κ3) is 4.56. The van der Waals surface area contributed by atoms with Crippen molar-refractivity contribution in [1.29, 1.82) is 0 Å². The van der Waals surface area contributed by atoms with Crippen molar-refractivity contribution in [2.45, 2.75) is 38.6 Å². The third-order valence-corrected chi connectivity index (χ3v) is 3.82. The highest BCUT2D eigenvalue weighted by Gasteiger charge is 2.24. The van der Waals surface area contributed by atoms with E-state index in [-0.39, 0.29) is 18.4 Å². The lowest BCUT2D eigenvalue weighted by molar-refractivity contribution is -0.138. The van der Waals surface area contributed by atoms with Crippen LogP contribution in [0.3, 0.4) is 0 Å². The van der Waals surface area contributed by atoms with Crippen molar-refractivity contribution in [2.75, 3.05) is 18.4 Å². The number of carboxylic acids is 1. The molecule has 0 saturated carbocycles. The quantitative estimate of drug-likeness (QED) is 0.874. The Morgan fingerprint density at radius 1 is 1.19 bits per heavy atom. The Hall–Kier alpha value is -1.88. The summed E-state index contributed by atoms with van der Waals surface area (Å²) in [5.74, 6) is -0.891. The van der Waals surface area contributed by atoms with E-state index in [9.17, 15) is 9.59 Å². The molecule has 1 amide bonds. The second kappa shape index (κ2) is 7.22. The predicted molar refractivity (Wildman–Crippen MR) is 81.2 cm³/mol. The molecule has 1 heterocycles. The first kappa shape index (κ1) is 15.5. The highest BCUT2D eigenvalue weighted by Crippen LogP contribution is 2.28. The summed E-state index contributed by atoms with van der Waals surface area (Å²) in [6, 6.07) is 7.39. The number of carboxylic acid groups (broad SMARTS) is 1. The average molecular weight is 290 g/mol. The van der Waals surface area contributed by atoms with Gasteiger partial charge in [0.25, 0.3) is 0 Å². The smallest absolute Gasteiger partial charge is 0.305 e. The van der Waals surface area contributed by atoms with Gasteiger partial charge in [-0.2, -0.15) is 0 Å². The number of hydrogen-bond donors (Lipinski definition) is 2. The van der Waals surface area contributed by atoms with Crippen LogP contribution in [0.15, 0.2) is 24.3 Å². The van der Waals surface area contributed by atoms with Crippen LogP contribution < -0.4 is 5.32 Å². The number of anilines is 1.